The van der Waals surface area contributed by atoms with Gasteiger partial charge in [0.25, 0.3) is 5.91 Å². The van der Waals surface area contributed by atoms with Gasteiger partial charge < -0.3 is 16.2 Å². The van der Waals surface area contributed by atoms with E-state index in [-0.39, 0.29) is 11.5 Å². The second-order valence-electron chi connectivity index (χ2n) is 4.15. The Balaban J connectivity index is 2.00. The Morgan fingerprint density at radius 1 is 1.35 bits per heavy atom. The molecule has 0 spiro atoms. The van der Waals surface area contributed by atoms with E-state index in [2.05, 4.69) is 10.3 Å². The largest absolute Gasteiger partial charge is 0.478 e. The summed E-state index contributed by atoms with van der Waals surface area (Å²) >= 11 is 1.14. The average molecular weight is 291 g/mol. The fourth-order valence-corrected chi connectivity index (χ4v) is 2.41. The first-order chi connectivity index (χ1) is 9.47. The van der Waals surface area contributed by atoms with Crippen molar-refractivity contribution in [1.29, 1.82) is 0 Å². The Morgan fingerprint density at radius 2 is 2.00 bits per heavy atom. The summed E-state index contributed by atoms with van der Waals surface area (Å²) in [6, 6.07) is 6.33. The van der Waals surface area contributed by atoms with Crippen LogP contribution in [-0.4, -0.2) is 22.0 Å². The molecule has 0 saturated heterocycles. The third kappa shape index (κ3) is 3.12. The molecular formula is C13H13N3O3S. The molecular weight excluding hydrogens is 278 g/mol. The minimum Gasteiger partial charge on any atom is -0.478 e. The molecule has 2 aromatic rings. The van der Waals surface area contributed by atoms with E-state index in [1.54, 1.807) is 19.1 Å². The van der Waals surface area contributed by atoms with Crippen molar-refractivity contribution in [1.82, 2.24) is 10.3 Å². The van der Waals surface area contributed by atoms with Crippen LogP contribution in [-0.2, 0) is 6.54 Å². The molecule has 2 rings (SSSR count). The van der Waals surface area contributed by atoms with Crippen LogP contribution in [0.1, 0.15) is 31.3 Å². The fraction of sp³-hybridized carbons (Fsp3) is 0.154. The summed E-state index contributed by atoms with van der Waals surface area (Å²) in [7, 11) is 0. The van der Waals surface area contributed by atoms with E-state index < -0.39 is 5.97 Å². The van der Waals surface area contributed by atoms with Crippen LogP contribution in [0.15, 0.2) is 24.3 Å². The molecule has 0 aliphatic rings. The second kappa shape index (κ2) is 5.70. The zero-order valence-corrected chi connectivity index (χ0v) is 11.5. The molecule has 0 atom stereocenters. The van der Waals surface area contributed by atoms with Gasteiger partial charge >= 0.3 is 5.97 Å². The van der Waals surface area contributed by atoms with Crippen molar-refractivity contribution in [2.45, 2.75) is 13.5 Å². The number of hydrogen-bond acceptors (Lipinski definition) is 5. The van der Waals surface area contributed by atoms with Gasteiger partial charge in [-0.3, -0.25) is 4.79 Å². The normalized spacial score (nSPS) is 10.2. The zero-order chi connectivity index (χ0) is 14.7. The van der Waals surface area contributed by atoms with Crippen LogP contribution in [0.3, 0.4) is 0 Å². The number of nitrogens with two attached hydrogens (primary N) is 1. The number of nitrogen functional groups attached to an aromatic ring is 1. The molecule has 4 N–H and O–H groups in total. The molecule has 0 unspecified atom stereocenters. The van der Waals surface area contributed by atoms with Gasteiger partial charge in [-0.1, -0.05) is 23.5 Å². The highest BCUT2D eigenvalue weighted by atomic mass is 32.1. The number of carboxylic acid groups (broad SMARTS) is 1. The number of aromatic carboxylic acids is 1. The number of carboxylic acids is 1. The fourth-order valence-electron chi connectivity index (χ4n) is 1.66. The number of hydrogen-bond donors (Lipinski definition) is 3. The molecule has 7 heteroatoms. The molecule has 0 saturated carbocycles. The van der Waals surface area contributed by atoms with Crippen molar-refractivity contribution in [2.24, 2.45) is 0 Å². The van der Waals surface area contributed by atoms with E-state index >= 15 is 0 Å². The Morgan fingerprint density at radius 3 is 2.50 bits per heavy atom. The molecule has 1 aromatic heterocycles. The molecule has 0 aliphatic heterocycles. The maximum Gasteiger partial charge on any atom is 0.335 e. The van der Waals surface area contributed by atoms with Gasteiger partial charge in [-0.2, -0.15) is 0 Å². The first-order valence-electron chi connectivity index (χ1n) is 5.80. The number of aryl methyl sites for hydroxylation is 1. The number of benzene rings is 1. The molecule has 0 bridgehead atoms. The quantitative estimate of drug-likeness (QED) is 0.794. The number of aromatic nitrogens is 1. The van der Waals surface area contributed by atoms with Crippen LogP contribution in [0.2, 0.25) is 0 Å². The number of nitrogens with zero attached hydrogens (tertiary/aromatic N) is 1. The van der Waals surface area contributed by atoms with E-state index in [0.717, 1.165) is 16.9 Å². The van der Waals surface area contributed by atoms with E-state index in [4.69, 9.17) is 10.8 Å². The summed E-state index contributed by atoms with van der Waals surface area (Å²) in [6.45, 7) is 2.04. The number of anilines is 1. The molecule has 1 aromatic carbocycles. The van der Waals surface area contributed by atoms with Crippen molar-refractivity contribution in [2.75, 3.05) is 5.73 Å². The molecule has 20 heavy (non-hydrogen) atoms. The third-order valence-corrected chi connectivity index (χ3v) is 3.66. The maximum absolute atomic E-state index is 11.9. The lowest BCUT2D eigenvalue weighted by atomic mass is 10.1. The van der Waals surface area contributed by atoms with Gasteiger partial charge in [0.2, 0.25) is 0 Å². The molecule has 1 amide bonds. The summed E-state index contributed by atoms with van der Waals surface area (Å²) in [5.74, 6) is -1.21. The summed E-state index contributed by atoms with van der Waals surface area (Å²) in [6.07, 6.45) is 0. The van der Waals surface area contributed by atoms with Crippen LogP contribution in [0.5, 0.6) is 0 Å². The molecule has 0 aliphatic carbocycles. The van der Waals surface area contributed by atoms with Crippen LogP contribution in [0.4, 0.5) is 5.13 Å². The van der Waals surface area contributed by atoms with E-state index in [9.17, 15) is 9.59 Å². The summed E-state index contributed by atoms with van der Waals surface area (Å²) < 4.78 is 0. The van der Waals surface area contributed by atoms with Gasteiger partial charge in [0.15, 0.2) is 5.13 Å². The number of rotatable bonds is 4. The van der Waals surface area contributed by atoms with Gasteiger partial charge in [-0.25, -0.2) is 9.78 Å². The second-order valence-corrected chi connectivity index (χ2v) is 5.18. The van der Waals surface area contributed by atoms with Crippen LogP contribution >= 0.6 is 11.3 Å². The summed E-state index contributed by atoms with van der Waals surface area (Å²) in [5, 5.41) is 11.9. The van der Waals surface area contributed by atoms with E-state index in [0.29, 0.717) is 22.2 Å². The summed E-state index contributed by atoms with van der Waals surface area (Å²) in [4.78, 5) is 27.1. The van der Waals surface area contributed by atoms with Crippen molar-refractivity contribution < 1.29 is 14.7 Å². The number of thiazole rings is 1. The first-order valence-corrected chi connectivity index (χ1v) is 6.62. The van der Waals surface area contributed by atoms with Crippen molar-refractivity contribution in [3.05, 3.63) is 46.0 Å². The van der Waals surface area contributed by atoms with Gasteiger partial charge in [-0.15, -0.1) is 0 Å². The SMILES string of the molecule is Cc1nc(N)sc1C(=O)NCc1ccc(C(=O)O)cc1. The van der Waals surface area contributed by atoms with Gasteiger partial charge in [0.1, 0.15) is 4.88 Å². The van der Waals surface area contributed by atoms with E-state index in [1.807, 2.05) is 0 Å². The highest BCUT2D eigenvalue weighted by molar-refractivity contribution is 7.17. The van der Waals surface area contributed by atoms with Gasteiger partial charge in [0.05, 0.1) is 11.3 Å². The van der Waals surface area contributed by atoms with Crippen LogP contribution in [0.25, 0.3) is 0 Å². The lowest BCUT2D eigenvalue weighted by Crippen LogP contribution is -2.22. The molecule has 104 valence electrons. The number of nitrogens with one attached hydrogen (secondary N) is 1. The topological polar surface area (TPSA) is 105 Å². The molecule has 1 heterocycles. The lowest BCUT2D eigenvalue weighted by molar-refractivity contribution is 0.0696. The molecule has 0 radical (unpaired) electrons. The predicted molar refractivity (Wildman–Crippen MR) is 75.8 cm³/mol. The van der Waals surface area contributed by atoms with Crippen molar-refractivity contribution in [3.63, 3.8) is 0 Å². The number of carbonyl (C=O) groups is 2. The van der Waals surface area contributed by atoms with Crippen molar-refractivity contribution in [3.8, 4) is 0 Å². The highest BCUT2D eigenvalue weighted by Crippen LogP contribution is 2.19. The smallest absolute Gasteiger partial charge is 0.335 e. The zero-order valence-electron chi connectivity index (χ0n) is 10.7. The number of carbonyl (C=O) groups excluding carboxylic acids is 1. The number of amides is 1. The highest BCUT2D eigenvalue weighted by Gasteiger charge is 2.13. The predicted octanol–water partition coefficient (Wildman–Crippen LogP) is 1.66. The monoisotopic (exact) mass is 291 g/mol. The van der Waals surface area contributed by atoms with Crippen molar-refractivity contribution >= 4 is 28.3 Å². The minimum absolute atomic E-state index is 0.214. The molecule has 0 fully saturated rings. The Bertz CT molecular complexity index is 649. The minimum atomic E-state index is -0.976. The molecule has 6 nitrogen and oxygen atoms in total. The lowest BCUT2D eigenvalue weighted by Gasteiger charge is -2.04. The first kappa shape index (κ1) is 14.0. The van der Waals surface area contributed by atoms with Crippen LogP contribution < -0.4 is 11.1 Å². The standard InChI is InChI=1S/C13H13N3O3S/c1-7-10(20-13(14)16-7)11(17)15-6-8-2-4-9(5-3-8)12(18)19/h2-5H,6H2,1H3,(H2,14,16)(H,15,17)(H,18,19). The van der Waals surface area contributed by atoms with Gasteiger partial charge in [-0.05, 0) is 24.6 Å². The average Bonchev–Trinajstić information content (AvgIpc) is 2.75. The summed E-state index contributed by atoms with van der Waals surface area (Å²) in [5.41, 5.74) is 7.18. The Hall–Kier alpha value is -2.41. The third-order valence-electron chi connectivity index (χ3n) is 2.67. The Labute approximate surface area is 119 Å². The maximum atomic E-state index is 11.9. The van der Waals surface area contributed by atoms with Crippen LogP contribution in [0, 0.1) is 6.92 Å². The van der Waals surface area contributed by atoms with Gasteiger partial charge in [0, 0.05) is 6.54 Å². The van der Waals surface area contributed by atoms with E-state index in [1.165, 1.54) is 12.1 Å². The Kier molecular flexibility index (Phi) is 3.99.